The molecule has 49 heavy (non-hydrogen) atoms. The zero-order valence-corrected chi connectivity index (χ0v) is 29.8. The van der Waals surface area contributed by atoms with Crippen LogP contribution in [-0.4, -0.2) is 0 Å². The van der Waals surface area contributed by atoms with E-state index in [-0.39, 0.29) is 23.0 Å². The summed E-state index contributed by atoms with van der Waals surface area (Å²) in [5.41, 5.74) is 15.0. The van der Waals surface area contributed by atoms with Crippen molar-refractivity contribution >= 4 is 10.8 Å². The molecule has 3 unspecified atom stereocenters. The summed E-state index contributed by atoms with van der Waals surface area (Å²) >= 11 is 0. The van der Waals surface area contributed by atoms with Gasteiger partial charge in [0.2, 0.25) is 0 Å². The molecule has 8 rings (SSSR count). The van der Waals surface area contributed by atoms with Gasteiger partial charge in [-0.1, -0.05) is 169 Å². The second kappa shape index (κ2) is 12.1. The van der Waals surface area contributed by atoms with Crippen LogP contribution in [0.1, 0.15) is 99.1 Å². The first-order valence-corrected chi connectivity index (χ1v) is 18.1. The van der Waals surface area contributed by atoms with Gasteiger partial charge in [-0.05, 0) is 84.0 Å². The molecule has 6 aromatic carbocycles. The minimum Gasteiger partial charge on any atom is -0.294 e. The molecule has 0 heterocycles. The van der Waals surface area contributed by atoms with Crippen molar-refractivity contribution in [3.63, 3.8) is 0 Å². The van der Waals surface area contributed by atoms with Crippen LogP contribution >= 0.6 is 0 Å². The van der Waals surface area contributed by atoms with Crippen molar-refractivity contribution in [2.45, 2.75) is 77.5 Å². The molecule has 0 fully saturated rings. The number of nitrogens with one attached hydrogen (secondary N) is 2. The van der Waals surface area contributed by atoms with Crippen molar-refractivity contribution in [3.8, 4) is 22.3 Å². The molecule has 0 spiro atoms. The average Bonchev–Trinajstić information content (AvgIpc) is 3.50. The topological polar surface area (TPSA) is 24.1 Å². The molecule has 0 bridgehead atoms. The minimum atomic E-state index is -0.0541. The summed E-state index contributed by atoms with van der Waals surface area (Å²) in [4.78, 5) is 0. The molecule has 246 valence electrons. The van der Waals surface area contributed by atoms with Gasteiger partial charge < -0.3 is 0 Å². The Morgan fingerprint density at radius 2 is 1.08 bits per heavy atom. The van der Waals surface area contributed by atoms with Crippen molar-refractivity contribution in [1.82, 2.24) is 10.6 Å². The third-order valence-corrected chi connectivity index (χ3v) is 11.8. The Morgan fingerprint density at radius 3 is 1.76 bits per heavy atom. The van der Waals surface area contributed by atoms with Gasteiger partial charge in [0, 0.05) is 23.4 Å². The van der Waals surface area contributed by atoms with E-state index >= 15 is 0 Å². The van der Waals surface area contributed by atoms with E-state index in [4.69, 9.17) is 0 Å². The normalized spacial score (nSPS) is 16.8. The zero-order valence-electron chi connectivity index (χ0n) is 29.8. The Balaban J connectivity index is 1.17. The fourth-order valence-corrected chi connectivity index (χ4v) is 8.66. The summed E-state index contributed by atoms with van der Waals surface area (Å²) < 4.78 is 0. The van der Waals surface area contributed by atoms with Crippen LogP contribution in [0.15, 0.2) is 127 Å². The summed E-state index contributed by atoms with van der Waals surface area (Å²) in [6, 6.07) is 48.0. The standard InChI is InChI=1S/C47H48N2/c1-7-30(2)44(34-22-21-32-14-8-9-15-33(32)27-34)49-45(35-23-25-39-37-17-11-13-19-41(37)47(5,6)43(39)28-35)48-29-31-20-24-38-36-16-10-12-18-40(36)46(3,4)42(38)26-31/h8-28,30,44-45,48-49H,7,29H2,1-6H3. The first kappa shape index (κ1) is 31.7. The average molecular weight is 641 g/mol. The van der Waals surface area contributed by atoms with Crippen molar-refractivity contribution in [1.29, 1.82) is 0 Å². The van der Waals surface area contributed by atoms with Gasteiger partial charge in [0.1, 0.15) is 0 Å². The Labute approximate surface area is 292 Å². The van der Waals surface area contributed by atoms with Crippen LogP contribution in [0.2, 0.25) is 0 Å². The third-order valence-electron chi connectivity index (χ3n) is 11.8. The van der Waals surface area contributed by atoms with Gasteiger partial charge >= 0.3 is 0 Å². The van der Waals surface area contributed by atoms with Gasteiger partial charge in [-0.15, -0.1) is 0 Å². The highest BCUT2D eigenvalue weighted by atomic mass is 15.1. The van der Waals surface area contributed by atoms with Crippen LogP contribution < -0.4 is 10.6 Å². The van der Waals surface area contributed by atoms with Crippen molar-refractivity contribution in [3.05, 3.63) is 166 Å². The van der Waals surface area contributed by atoms with Crippen molar-refractivity contribution in [2.75, 3.05) is 0 Å². The highest BCUT2D eigenvalue weighted by Gasteiger charge is 2.37. The lowest BCUT2D eigenvalue weighted by atomic mass is 9.81. The summed E-state index contributed by atoms with van der Waals surface area (Å²) in [5.74, 6) is 0.444. The molecule has 2 aliphatic rings. The van der Waals surface area contributed by atoms with E-state index in [0.717, 1.165) is 13.0 Å². The monoisotopic (exact) mass is 640 g/mol. The minimum absolute atomic E-state index is 0.0160. The summed E-state index contributed by atoms with van der Waals surface area (Å²) in [7, 11) is 0. The quantitative estimate of drug-likeness (QED) is 0.154. The van der Waals surface area contributed by atoms with E-state index in [2.05, 4.69) is 180 Å². The first-order chi connectivity index (χ1) is 23.7. The maximum Gasteiger partial charge on any atom is 0.0843 e. The van der Waals surface area contributed by atoms with Crippen LogP contribution in [0.25, 0.3) is 33.0 Å². The fourth-order valence-electron chi connectivity index (χ4n) is 8.66. The molecule has 2 N–H and O–H groups in total. The Hall–Kier alpha value is -4.50. The second-order valence-electron chi connectivity index (χ2n) is 15.5. The number of benzene rings is 6. The summed E-state index contributed by atoms with van der Waals surface area (Å²) in [6.45, 7) is 14.9. The molecule has 0 radical (unpaired) electrons. The Morgan fingerprint density at radius 1 is 0.531 bits per heavy atom. The molecule has 0 aromatic heterocycles. The molecule has 3 atom stereocenters. The number of rotatable bonds is 9. The fraction of sp³-hybridized carbons (Fsp3) is 0.277. The van der Waals surface area contributed by atoms with Crippen LogP contribution in [0, 0.1) is 5.92 Å². The SMILES string of the molecule is CCC(C)C(NC(NCc1ccc2c(c1)C(C)(C)c1ccccc1-2)c1ccc2c(c1)C(C)(C)c1ccccc1-2)c1ccc2ccccc2c1. The van der Waals surface area contributed by atoms with Gasteiger partial charge in [-0.25, -0.2) is 0 Å². The molecular weight excluding hydrogens is 593 g/mol. The molecule has 0 saturated carbocycles. The summed E-state index contributed by atoms with van der Waals surface area (Å²) in [5, 5.41) is 10.8. The number of fused-ring (bicyclic) bond motifs is 7. The Bertz CT molecular complexity index is 2190. The number of hydrogen-bond donors (Lipinski definition) is 2. The van der Waals surface area contributed by atoms with E-state index < -0.39 is 0 Å². The van der Waals surface area contributed by atoms with E-state index in [1.807, 2.05) is 0 Å². The number of hydrogen-bond acceptors (Lipinski definition) is 2. The Kier molecular flexibility index (Phi) is 7.86. The lowest BCUT2D eigenvalue weighted by Crippen LogP contribution is -2.39. The van der Waals surface area contributed by atoms with E-state index in [9.17, 15) is 0 Å². The highest BCUT2D eigenvalue weighted by Crippen LogP contribution is 2.50. The third kappa shape index (κ3) is 5.34. The lowest BCUT2D eigenvalue weighted by molar-refractivity contribution is 0.306. The van der Waals surface area contributed by atoms with E-state index in [1.54, 1.807) is 0 Å². The van der Waals surface area contributed by atoms with Crippen molar-refractivity contribution in [2.24, 2.45) is 5.92 Å². The molecule has 0 amide bonds. The molecule has 6 aromatic rings. The zero-order chi connectivity index (χ0) is 33.9. The predicted octanol–water partition coefficient (Wildman–Crippen LogP) is 11.6. The maximum absolute atomic E-state index is 4.18. The lowest BCUT2D eigenvalue weighted by Gasteiger charge is -2.32. The van der Waals surface area contributed by atoms with Crippen LogP contribution in [-0.2, 0) is 17.4 Å². The molecule has 0 saturated heterocycles. The molecular formula is C47H48N2. The molecule has 0 aliphatic heterocycles. The first-order valence-electron chi connectivity index (χ1n) is 18.1. The van der Waals surface area contributed by atoms with Gasteiger partial charge in [0.15, 0.2) is 0 Å². The largest absolute Gasteiger partial charge is 0.294 e. The highest BCUT2D eigenvalue weighted by molar-refractivity contribution is 5.84. The van der Waals surface area contributed by atoms with E-state index in [0.29, 0.717) is 5.92 Å². The maximum atomic E-state index is 4.18. The molecule has 2 nitrogen and oxygen atoms in total. The summed E-state index contributed by atoms with van der Waals surface area (Å²) in [6.07, 6.45) is 1.04. The van der Waals surface area contributed by atoms with Crippen LogP contribution in [0.3, 0.4) is 0 Å². The smallest absolute Gasteiger partial charge is 0.0843 e. The molecule has 2 heteroatoms. The van der Waals surface area contributed by atoms with Crippen LogP contribution in [0.4, 0.5) is 0 Å². The van der Waals surface area contributed by atoms with E-state index in [1.165, 1.54) is 72.0 Å². The van der Waals surface area contributed by atoms with Gasteiger partial charge in [0.25, 0.3) is 0 Å². The second-order valence-corrected chi connectivity index (χ2v) is 15.5. The van der Waals surface area contributed by atoms with Gasteiger partial charge in [-0.2, -0.15) is 0 Å². The van der Waals surface area contributed by atoms with Crippen molar-refractivity contribution < 1.29 is 0 Å². The predicted molar refractivity (Wildman–Crippen MR) is 207 cm³/mol. The molecule has 2 aliphatic carbocycles. The van der Waals surface area contributed by atoms with Crippen LogP contribution in [0.5, 0.6) is 0 Å². The van der Waals surface area contributed by atoms with Gasteiger partial charge in [0.05, 0.1) is 6.17 Å². The van der Waals surface area contributed by atoms with Gasteiger partial charge in [-0.3, -0.25) is 10.6 Å².